The van der Waals surface area contributed by atoms with Crippen LogP contribution in [0.5, 0.6) is 5.75 Å². The SMILES string of the molecule is Cc1cccc(N)c1OCc1ccc(C(C)C)cc1. The average Bonchev–Trinajstić information content (AvgIpc) is 2.38. The fourth-order valence-corrected chi connectivity index (χ4v) is 2.03. The first-order valence-corrected chi connectivity index (χ1v) is 6.64. The lowest BCUT2D eigenvalue weighted by molar-refractivity contribution is 0.306. The maximum Gasteiger partial charge on any atom is 0.145 e. The van der Waals surface area contributed by atoms with Crippen molar-refractivity contribution in [1.82, 2.24) is 0 Å². The van der Waals surface area contributed by atoms with Crippen LogP contribution < -0.4 is 10.5 Å². The lowest BCUT2D eigenvalue weighted by atomic mass is 10.0. The molecule has 2 heteroatoms. The Morgan fingerprint density at radius 3 is 2.32 bits per heavy atom. The number of ether oxygens (including phenoxy) is 1. The van der Waals surface area contributed by atoms with Gasteiger partial charge in [0.25, 0.3) is 0 Å². The van der Waals surface area contributed by atoms with Gasteiger partial charge in [-0.2, -0.15) is 0 Å². The molecule has 0 unspecified atom stereocenters. The molecule has 0 amide bonds. The zero-order valence-corrected chi connectivity index (χ0v) is 11.8. The van der Waals surface area contributed by atoms with E-state index >= 15 is 0 Å². The summed E-state index contributed by atoms with van der Waals surface area (Å²) in [4.78, 5) is 0. The molecule has 0 bridgehead atoms. The van der Waals surface area contributed by atoms with Crippen molar-refractivity contribution in [2.75, 3.05) is 5.73 Å². The third-order valence-electron chi connectivity index (χ3n) is 3.27. The highest BCUT2D eigenvalue weighted by Gasteiger charge is 2.05. The molecule has 0 atom stereocenters. The smallest absolute Gasteiger partial charge is 0.145 e. The third-order valence-corrected chi connectivity index (χ3v) is 3.27. The Kier molecular flexibility index (Phi) is 4.10. The number of rotatable bonds is 4. The van der Waals surface area contributed by atoms with Crippen molar-refractivity contribution in [2.45, 2.75) is 33.3 Å². The zero-order chi connectivity index (χ0) is 13.8. The van der Waals surface area contributed by atoms with E-state index in [9.17, 15) is 0 Å². The van der Waals surface area contributed by atoms with Crippen LogP contribution >= 0.6 is 0 Å². The van der Waals surface area contributed by atoms with E-state index in [4.69, 9.17) is 10.5 Å². The summed E-state index contributed by atoms with van der Waals surface area (Å²) < 4.78 is 5.83. The second-order valence-electron chi connectivity index (χ2n) is 5.18. The second-order valence-corrected chi connectivity index (χ2v) is 5.18. The van der Waals surface area contributed by atoms with E-state index in [-0.39, 0.29) is 0 Å². The fourth-order valence-electron chi connectivity index (χ4n) is 2.03. The molecule has 0 aliphatic heterocycles. The van der Waals surface area contributed by atoms with Crippen LogP contribution in [0, 0.1) is 6.92 Å². The van der Waals surface area contributed by atoms with Crippen molar-refractivity contribution in [3.8, 4) is 5.75 Å². The lowest BCUT2D eigenvalue weighted by Crippen LogP contribution is -2.00. The highest BCUT2D eigenvalue weighted by atomic mass is 16.5. The molecule has 0 heterocycles. The number of hydrogen-bond acceptors (Lipinski definition) is 2. The molecule has 0 aromatic heterocycles. The number of benzene rings is 2. The molecule has 2 rings (SSSR count). The van der Waals surface area contributed by atoms with Crippen LogP contribution in [0.2, 0.25) is 0 Å². The second kappa shape index (κ2) is 5.79. The number of para-hydroxylation sites is 1. The minimum atomic E-state index is 0.549. The Morgan fingerprint density at radius 2 is 1.74 bits per heavy atom. The van der Waals surface area contributed by atoms with Crippen LogP contribution in [0.1, 0.15) is 36.5 Å². The van der Waals surface area contributed by atoms with Crippen molar-refractivity contribution in [3.63, 3.8) is 0 Å². The van der Waals surface area contributed by atoms with Gasteiger partial charge in [0.15, 0.2) is 0 Å². The zero-order valence-electron chi connectivity index (χ0n) is 11.8. The van der Waals surface area contributed by atoms with E-state index in [0.29, 0.717) is 18.2 Å². The quantitative estimate of drug-likeness (QED) is 0.828. The Hall–Kier alpha value is -1.96. The summed E-state index contributed by atoms with van der Waals surface area (Å²) in [5, 5.41) is 0. The van der Waals surface area contributed by atoms with Crippen LogP contribution in [0.3, 0.4) is 0 Å². The summed E-state index contributed by atoms with van der Waals surface area (Å²) in [7, 11) is 0. The van der Waals surface area contributed by atoms with Crippen LogP contribution in [-0.4, -0.2) is 0 Å². The van der Waals surface area contributed by atoms with E-state index in [1.807, 2.05) is 25.1 Å². The van der Waals surface area contributed by atoms with Gasteiger partial charge in [0, 0.05) is 0 Å². The molecule has 2 aromatic rings. The number of nitrogen functional groups attached to an aromatic ring is 1. The average molecular weight is 255 g/mol. The standard InChI is InChI=1S/C17H21NO/c1-12(2)15-9-7-14(8-10-15)11-19-17-13(3)5-4-6-16(17)18/h4-10,12H,11,18H2,1-3H3. The number of hydrogen-bond donors (Lipinski definition) is 1. The fraction of sp³-hybridized carbons (Fsp3) is 0.294. The van der Waals surface area contributed by atoms with Crippen LogP contribution in [0.15, 0.2) is 42.5 Å². The summed E-state index contributed by atoms with van der Waals surface area (Å²) >= 11 is 0. The lowest BCUT2D eigenvalue weighted by Gasteiger charge is -2.12. The Balaban J connectivity index is 2.06. The minimum Gasteiger partial charge on any atom is -0.486 e. The monoisotopic (exact) mass is 255 g/mol. The van der Waals surface area contributed by atoms with E-state index < -0.39 is 0 Å². The summed E-state index contributed by atoms with van der Waals surface area (Å²) in [5.41, 5.74) is 10.2. The highest BCUT2D eigenvalue weighted by molar-refractivity contribution is 5.56. The molecule has 0 spiro atoms. The molecule has 0 aliphatic carbocycles. The van der Waals surface area contributed by atoms with Crippen LogP contribution in [0.25, 0.3) is 0 Å². The van der Waals surface area contributed by atoms with Gasteiger partial charge in [0.2, 0.25) is 0 Å². The summed E-state index contributed by atoms with van der Waals surface area (Å²) in [6.45, 7) is 6.94. The molecule has 2 nitrogen and oxygen atoms in total. The first kappa shape index (κ1) is 13.5. The van der Waals surface area contributed by atoms with Gasteiger partial charge in [-0.25, -0.2) is 0 Å². The van der Waals surface area contributed by atoms with Crippen molar-refractivity contribution < 1.29 is 4.74 Å². The van der Waals surface area contributed by atoms with Crippen molar-refractivity contribution >= 4 is 5.69 Å². The summed E-state index contributed by atoms with van der Waals surface area (Å²) in [6, 6.07) is 14.4. The van der Waals surface area contributed by atoms with Crippen LogP contribution in [-0.2, 0) is 6.61 Å². The third kappa shape index (κ3) is 3.28. The van der Waals surface area contributed by atoms with Gasteiger partial charge in [-0.1, -0.05) is 50.2 Å². The summed E-state index contributed by atoms with van der Waals surface area (Å²) in [5.74, 6) is 1.34. The van der Waals surface area contributed by atoms with Gasteiger partial charge >= 0.3 is 0 Å². The van der Waals surface area contributed by atoms with E-state index in [0.717, 1.165) is 16.9 Å². The van der Waals surface area contributed by atoms with Crippen molar-refractivity contribution in [3.05, 3.63) is 59.2 Å². The molecule has 0 saturated carbocycles. The molecule has 2 aromatic carbocycles. The molecule has 19 heavy (non-hydrogen) atoms. The van der Waals surface area contributed by atoms with Crippen molar-refractivity contribution in [2.24, 2.45) is 0 Å². The number of aryl methyl sites for hydroxylation is 1. The predicted molar refractivity (Wildman–Crippen MR) is 80.5 cm³/mol. The first-order valence-electron chi connectivity index (χ1n) is 6.64. The topological polar surface area (TPSA) is 35.2 Å². The molecule has 100 valence electrons. The summed E-state index contributed by atoms with van der Waals surface area (Å²) in [6.07, 6.45) is 0. The van der Waals surface area contributed by atoms with Gasteiger partial charge < -0.3 is 10.5 Å². The number of nitrogens with two attached hydrogens (primary N) is 1. The Morgan fingerprint density at radius 1 is 1.05 bits per heavy atom. The molecule has 0 aliphatic rings. The molecule has 2 N–H and O–H groups in total. The van der Waals surface area contributed by atoms with Crippen molar-refractivity contribution in [1.29, 1.82) is 0 Å². The van der Waals surface area contributed by atoms with Gasteiger partial charge in [0.05, 0.1) is 5.69 Å². The largest absolute Gasteiger partial charge is 0.486 e. The molecular weight excluding hydrogens is 234 g/mol. The van der Waals surface area contributed by atoms with E-state index in [1.54, 1.807) is 0 Å². The first-order chi connectivity index (χ1) is 9.08. The van der Waals surface area contributed by atoms with Gasteiger partial charge in [-0.3, -0.25) is 0 Å². The van der Waals surface area contributed by atoms with E-state index in [2.05, 4.69) is 38.1 Å². The molecule has 0 radical (unpaired) electrons. The maximum absolute atomic E-state index is 5.92. The molecule has 0 fully saturated rings. The minimum absolute atomic E-state index is 0.549. The maximum atomic E-state index is 5.92. The van der Waals surface area contributed by atoms with Gasteiger partial charge in [0.1, 0.15) is 12.4 Å². The van der Waals surface area contributed by atoms with Gasteiger partial charge in [-0.05, 0) is 35.6 Å². The number of anilines is 1. The predicted octanol–water partition coefficient (Wildman–Crippen LogP) is 4.28. The Labute approximate surface area is 115 Å². The highest BCUT2D eigenvalue weighted by Crippen LogP contribution is 2.26. The normalized spacial score (nSPS) is 10.7. The molecular formula is C17H21NO. The van der Waals surface area contributed by atoms with Gasteiger partial charge in [-0.15, -0.1) is 0 Å². The van der Waals surface area contributed by atoms with Crippen LogP contribution in [0.4, 0.5) is 5.69 Å². The van der Waals surface area contributed by atoms with E-state index in [1.165, 1.54) is 5.56 Å². The molecule has 0 saturated heterocycles. The Bertz CT molecular complexity index is 523.